The summed E-state index contributed by atoms with van der Waals surface area (Å²) in [7, 11) is 0. The van der Waals surface area contributed by atoms with Crippen molar-refractivity contribution in [3.8, 4) is 44.5 Å². The number of aromatic nitrogens is 4. The van der Waals surface area contributed by atoms with Crippen molar-refractivity contribution in [2.75, 3.05) is 52.9 Å². The van der Waals surface area contributed by atoms with Gasteiger partial charge in [-0.2, -0.15) is 0 Å². The molecule has 17 rings (SSSR count). The van der Waals surface area contributed by atoms with Crippen LogP contribution in [0.2, 0.25) is 0 Å². The molecule has 8 fully saturated rings. The van der Waals surface area contributed by atoms with Crippen molar-refractivity contribution in [2.24, 2.45) is 0 Å². The molecule has 8 bridgehead atoms. The highest BCUT2D eigenvalue weighted by atomic mass is 16.8. The molecule has 0 amide bonds. The van der Waals surface area contributed by atoms with Gasteiger partial charge in [0.25, 0.3) is 0 Å². The second-order valence-corrected chi connectivity index (χ2v) is 35.2. The molecule has 136 heavy (non-hydrogen) atoms. The number of aromatic amines is 2. The van der Waals surface area contributed by atoms with Crippen molar-refractivity contribution in [3.05, 3.63) is 166 Å². The molecule has 4 aromatic carbocycles. The second-order valence-electron chi connectivity index (χ2n) is 35.2. The van der Waals surface area contributed by atoms with Crippen LogP contribution in [0, 0.1) is 0 Å². The van der Waals surface area contributed by atoms with Gasteiger partial charge in [0, 0.05) is 44.3 Å². The van der Waals surface area contributed by atoms with Crippen molar-refractivity contribution in [2.45, 2.75) is 245 Å². The van der Waals surface area contributed by atoms with E-state index >= 15 is 0 Å². The van der Waals surface area contributed by atoms with Crippen molar-refractivity contribution in [3.63, 3.8) is 0 Å². The second kappa shape index (κ2) is 41.6. The SMILES string of the molecule is OC[C@H]1O[C@@H](O[C@H]2[C@H](O)[C@@H](O)C(c3cccc(-c4c5nc(c(-c6cccc(C7O[C@H](CO)[C@@H](O[C@@H]8O[C@H](CO)[C@H](O)[C@H](O)[C@H]8O)[C@H](O)[C@H]7O)c6)c6ccc([nH]6)c(-c6cccc(C7O[C@H](CO)[C@@H](O[C@@H]8O[C@H](CO)[C@H](O)[C@H](O)[C@H]8O)[C@H](O)[C@H]7O)c6)c6nc(c(-c7cccc(C8O[C@H](CO)[C@@H](O[C@@H]9O[C@H](CO)[C@H](O)[C@H](O)[C@H]9O)[C@H](O)[C@H]8O)c7)c7ccc4[nH]7)C=C6)C=C5)c3)O[C@@H]2CO)[C@H](O)[C@@H](O)[C@H]1O. The Kier molecular flexibility index (Phi) is 30.4. The molecule has 4 unspecified atom stereocenters. The van der Waals surface area contributed by atoms with Gasteiger partial charge in [-0.05, 0) is 117 Å². The van der Waals surface area contributed by atoms with E-state index in [2.05, 4.69) is 9.97 Å². The molecule has 8 saturated heterocycles. The third kappa shape index (κ3) is 18.7. The number of fused-ring (bicyclic) bond motifs is 8. The maximum absolute atomic E-state index is 12.2. The molecule has 44 heteroatoms. The number of ether oxygens (including phenoxy) is 12. The van der Waals surface area contributed by atoms with Crippen LogP contribution in [0.1, 0.15) is 69.4 Å². The van der Waals surface area contributed by atoms with Gasteiger partial charge >= 0.3 is 0 Å². The third-order valence-corrected chi connectivity index (χ3v) is 26.8. The van der Waals surface area contributed by atoms with Gasteiger partial charge in [0.1, 0.15) is 220 Å². The lowest BCUT2D eigenvalue weighted by Crippen LogP contribution is -2.63. The largest absolute Gasteiger partial charge is 0.394 e. The number of hydrogen-bond donors (Lipinski definition) is 30. The quantitative estimate of drug-likeness (QED) is 0.0267. The van der Waals surface area contributed by atoms with Gasteiger partial charge in [0.05, 0.1) is 75.6 Å². The summed E-state index contributed by atoms with van der Waals surface area (Å²) in [5, 5.41) is 310. The molecule has 10 aliphatic rings. The van der Waals surface area contributed by atoms with Crippen LogP contribution < -0.4 is 0 Å². The number of aliphatic hydroxyl groups excluding tert-OH is 28. The first-order valence-electron chi connectivity index (χ1n) is 44.3. The van der Waals surface area contributed by atoms with Gasteiger partial charge in [-0.25, -0.2) is 9.97 Å². The van der Waals surface area contributed by atoms with Crippen molar-refractivity contribution in [1.29, 1.82) is 0 Å². The molecule has 10 aliphatic heterocycles. The average molecular weight is 1910 g/mol. The van der Waals surface area contributed by atoms with E-state index in [4.69, 9.17) is 66.8 Å². The number of benzene rings is 4. The van der Waals surface area contributed by atoms with E-state index in [1.165, 1.54) is 0 Å². The molecule has 3 aromatic heterocycles. The zero-order valence-corrected chi connectivity index (χ0v) is 71.9. The molecule has 0 radical (unpaired) electrons. The van der Waals surface area contributed by atoms with Gasteiger partial charge in [0.15, 0.2) is 25.2 Å². The minimum atomic E-state index is -1.97. The standard InChI is InChI=1S/C92H110N4O40/c97-25-49-61(105)65(109)77(121)89(129-49)133-85-53(29-101)125-81(69(113)73(85)117)37-9-1-5-33(21-37)57-41-13-15-43(93-41)58(34-6-2-10-38(22-34)82-70(114)74(118)86(54(30-102)126-82)134-90-78(122)66(110)62(106)50(26-98)130-90)45-17-19-47(95-45)60(36-8-4-12-40(24-36)84-72(116)76(120)88(56(32-104)128-84)136-92-80(124)68(112)64(108)52(28-100)132-92)48-20-18-46(96-48)59(44-16-14-42(57)94-44)35-7-3-11-39(23-35)83-71(115)75(119)87(55(31-103)127-83)135-91-79(123)67(111)63(107)51(27-99)131-91/h1-24,49-56,61-93,96-124H,25-32H2/t49-,50-,51-,52-,53-,54-,55-,56-,61+,62+,63+,64+,65+,66+,67+,68+,69-,70-,71-,72-,73-,74-,75-,76-,77-,78-,79-,80-,81?,82?,83?,84?,85-,86-,87-,88-,89+,90+,91+,92+/m1/s1. The minimum absolute atomic E-state index is 0.188. The predicted molar refractivity (Wildman–Crippen MR) is 462 cm³/mol. The van der Waals surface area contributed by atoms with Gasteiger partial charge in [-0.3, -0.25) is 0 Å². The summed E-state index contributed by atoms with van der Waals surface area (Å²) in [5.74, 6) is 0. The summed E-state index contributed by atoms with van der Waals surface area (Å²) in [5.41, 5.74) is 5.43. The smallest absolute Gasteiger partial charge is 0.187 e. The molecule has 7 aromatic rings. The fourth-order valence-electron chi connectivity index (χ4n) is 19.4. The van der Waals surface area contributed by atoms with Crippen LogP contribution in [0.5, 0.6) is 0 Å². The molecular formula is C92H110N4O40. The van der Waals surface area contributed by atoms with Crippen LogP contribution in [0.4, 0.5) is 0 Å². The lowest BCUT2D eigenvalue weighted by molar-refractivity contribution is -0.342. The van der Waals surface area contributed by atoms with Crippen LogP contribution in [-0.2, 0) is 56.8 Å². The van der Waals surface area contributed by atoms with Crippen LogP contribution >= 0.6 is 0 Å². The van der Waals surface area contributed by atoms with E-state index in [1.54, 1.807) is 146 Å². The first-order valence-corrected chi connectivity index (χ1v) is 44.3. The number of hydrogen-bond acceptors (Lipinski definition) is 42. The first-order chi connectivity index (χ1) is 65.3. The lowest BCUT2D eigenvalue weighted by atomic mass is 9.89. The molecular weight excluding hydrogens is 1800 g/mol. The Hall–Kier alpha value is -8.12. The summed E-state index contributed by atoms with van der Waals surface area (Å²) >= 11 is 0. The van der Waals surface area contributed by atoms with E-state index in [-0.39, 0.29) is 45.0 Å². The van der Waals surface area contributed by atoms with Crippen LogP contribution in [0.15, 0.2) is 121 Å². The number of aliphatic hydroxyl groups is 28. The maximum atomic E-state index is 12.2. The Labute approximate surface area is 771 Å². The molecule has 0 aliphatic carbocycles. The molecule has 44 nitrogen and oxygen atoms in total. The van der Waals surface area contributed by atoms with E-state index in [1.807, 2.05) is 0 Å². The Morgan fingerprint density at radius 2 is 0.419 bits per heavy atom. The van der Waals surface area contributed by atoms with E-state index < -0.39 is 298 Å². The monoisotopic (exact) mass is 1910 g/mol. The highest BCUT2D eigenvalue weighted by Crippen LogP contribution is 2.47. The van der Waals surface area contributed by atoms with Crippen LogP contribution in [0.3, 0.4) is 0 Å². The highest BCUT2D eigenvalue weighted by molar-refractivity contribution is 6.00. The number of rotatable bonds is 24. The summed E-state index contributed by atoms with van der Waals surface area (Å²) in [6, 6.07) is 32.8. The lowest BCUT2D eigenvalue weighted by Gasteiger charge is -2.46. The summed E-state index contributed by atoms with van der Waals surface area (Å²) < 4.78 is 71.6. The molecule has 40 atom stereocenters. The maximum Gasteiger partial charge on any atom is 0.187 e. The topological polar surface area (TPSA) is 735 Å². The van der Waals surface area contributed by atoms with Crippen molar-refractivity contribution >= 4 is 46.4 Å². The Morgan fingerprint density at radius 1 is 0.221 bits per heavy atom. The summed E-state index contributed by atoms with van der Waals surface area (Å²) in [6.45, 7) is -6.87. The fraction of sp³-hybridized carbons (Fsp3) is 0.522. The molecule has 738 valence electrons. The molecule has 0 saturated carbocycles. The number of nitrogens with one attached hydrogen (secondary N) is 2. The van der Waals surface area contributed by atoms with Gasteiger partial charge < -0.3 is 210 Å². The third-order valence-electron chi connectivity index (χ3n) is 26.8. The molecule has 30 N–H and O–H groups in total. The van der Waals surface area contributed by atoms with E-state index in [9.17, 15) is 143 Å². The summed E-state index contributed by atoms with van der Waals surface area (Å²) in [4.78, 5) is 18.1. The highest BCUT2D eigenvalue weighted by Gasteiger charge is 2.57. The van der Waals surface area contributed by atoms with Gasteiger partial charge in [-0.1, -0.05) is 72.8 Å². The summed E-state index contributed by atoms with van der Waals surface area (Å²) in [6.07, 6.45) is -63.3. The minimum Gasteiger partial charge on any atom is -0.394 e. The van der Waals surface area contributed by atoms with Crippen LogP contribution in [-0.4, -0.2) is 436 Å². The number of H-pyrrole nitrogens is 2. The van der Waals surface area contributed by atoms with E-state index in [0.29, 0.717) is 66.6 Å². The van der Waals surface area contributed by atoms with Gasteiger partial charge in [0.2, 0.25) is 0 Å². The predicted octanol–water partition coefficient (Wildman–Crippen LogP) is -7.32. The Bertz CT molecular complexity index is 4890. The van der Waals surface area contributed by atoms with Crippen LogP contribution in [0.25, 0.3) is 90.9 Å². The first kappa shape index (κ1) is 99.4. The zero-order chi connectivity index (χ0) is 96.6. The normalized spacial score (nSPS) is 39.4. The number of nitrogens with zero attached hydrogens (tertiary/aromatic N) is 2. The molecule has 0 spiro atoms. The van der Waals surface area contributed by atoms with Crippen molar-refractivity contribution in [1.82, 2.24) is 19.9 Å². The Balaban J connectivity index is 0.832. The van der Waals surface area contributed by atoms with Crippen molar-refractivity contribution < 1.29 is 200 Å². The molecule has 13 heterocycles. The average Bonchev–Trinajstić information content (AvgIpc) is 1.70. The fourth-order valence-corrected chi connectivity index (χ4v) is 19.4. The Morgan fingerprint density at radius 3 is 0.610 bits per heavy atom. The van der Waals surface area contributed by atoms with Gasteiger partial charge in [-0.15, -0.1) is 0 Å². The van der Waals surface area contributed by atoms with E-state index in [0.717, 1.165) is 0 Å². The zero-order valence-electron chi connectivity index (χ0n) is 71.9.